The third-order valence-corrected chi connectivity index (χ3v) is 6.65. The molecule has 178 valence electrons. The zero-order valence-corrected chi connectivity index (χ0v) is 18.7. The molecule has 2 aliphatic rings. The summed E-state index contributed by atoms with van der Waals surface area (Å²) < 4.78 is 39.1. The van der Waals surface area contributed by atoms with Crippen molar-refractivity contribution in [3.8, 4) is 0 Å². The molecule has 5 rings (SSSR count). The van der Waals surface area contributed by atoms with Crippen LogP contribution in [0.4, 0.5) is 19.0 Å². The van der Waals surface area contributed by atoms with Crippen molar-refractivity contribution in [2.24, 2.45) is 11.8 Å². The van der Waals surface area contributed by atoms with E-state index in [0.717, 1.165) is 38.5 Å². The quantitative estimate of drug-likeness (QED) is 0.518. The summed E-state index contributed by atoms with van der Waals surface area (Å²) in [7, 11) is 0. The van der Waals surface area contributed by atoms with Gasteiger partial charge in [-0.1, -0.05) is 0 Å². The van der Waals surface area contributed by atoms with E-state index in [2.05, 4.69) is 19.9 Å². The van der Waals surface area contributed by atoms with Crippen LogP contribution in [-0.4, -0.2) is 51.9 Å². The molecule has 1 aliphatic heterocycles. The Kier molecular flexibility index (Phi) is 6.10. The first-order valence-electron chi connectivity index (χ1n) is 11.7. The van der Waals surface area contributed by atoms with Gasteiger partial charge < -0.3 is 9.80 Å². The monoisotopic (exact) mass is 469 g/mol. The molecule has 0 bridgehead atoms. The molecule has 9 heteroatoms. The highest BCUT2D eigenvalue weighted by Crippen LogP contribution is 2.34. The molecule has 6 nitrogen and oxygen atoms in total. The fourth-order valence-electron chi connectivity index (χ4n) is 4.61. The van der Waals surface area contributed by atoms with Crippen LogP contribution in [0.25, 0.3) is 10.9 Å². The number of carbonyl (C=O) groups excluding carboxylic acids is 1. The van der Waals surface area contributed by atoms with Gasteiger partial charge in [-0.05, 0) is 67.9 Å². The minimum atomic E-state index is -4.48. The number of carbonyl (C=O) groups is 1. The number of fused-ring (bicyclic) bond motifs is 1. The first-order valence-corrected chi connectivity index (χ1v) is 11.7. The number of anilines is 1. The Morgan fingerprint density at radius 2 is 1.74 bits per heavy atom. The number of nitrogens with zero attached hydrogens (tertiary/aromatic N) is 5. The largest absolute Gasteiger partial charge is 0.433 e. The SMILES string of the molecule is O=C(c1cccnc1)N(CC1CC1)CC1CCN(c2nccc3nc(C(F)(F)F)ccc23)CC1. The number of hydrogen-bond donors (Lipinski definition) is 0. The van der Waals surface area contributed by atoms with Gasteiger partial charge in [-0.3, -0.25) is 9.78 Å². The van der Waals surface area contributed by atoms with E-state index >= 15 is 0 Å². The zero-order chi connectivity index (χ0) is 23.7. The van der Waals surface area contributed by atoms with Gasteiger partial charge in [0.25, 0.3) is 5.91 Å². The van der Waals surface area contributed by atoms with Crippen molar-refractivity contribution in [2.45, 2.75) is 31.9 Å². The second kappa shape index (κ2) is 9.19. The maximum absolute atomic E-state index is 13.1. The van der Waals surface area contributed by atoms with Crippen LogP contribution in [-0.2, 0) is 6.18 Å². The molecule has 0 unspecified atom stereocenters. The fraction of sp³-hybridized carbons (Fsp3) is 0.440. The highest BCUT2D eigenvalue weighted by Gasteiger charge is 2.33. The predicted octanol–water partition coefficient (Wildman–Crippen LogP) is 4.81. The maximum atomic E-state index is 13.1. The van der Waals surface area contributed by atoms with Crippen LogP contribution in [0.5, 0.6) is 0 Å². The van der Waals surface area contributed by atoms with Crippen molar-refractivity contribution in [3.05, 3.63) is 60.2 Å². The summed E-state index contributed by atoms with van der Waals surface area (Å²) in [6.45, 7) is 2.95. The van der Waals surface area contributed by atoms with E-state index in [1.807, 2.05) is 11.0 Å². The van der Waals surface area contributed by atoms with Gasteiger partial charge in [0.2, 0.25) is 0 Å². The third kappa shape index (κ3) is 4.98. The first kappa shape index (κ1) is 22.6. The van der Waals surface area contributed by atoms with Crippen molar-refractivity contribution in [1.29, 1.82) is 0 Å². The first-order chi connectivity index (χ1) is 16.4. The summed E-state index contributed by atoms with van der Waals surface area (Å²) in [6.07, 6.45) is 4.43. The molecule has 0 spiro atoms. The van der Waals surface area contributed by atoms with Gasteiger partial charge in [-0.25, -0.2) is 9.97 Å². The molecule has 0 N–H and O–H groups in total. The van der Waals surface area contributed by atoms with Gasteiger partial charge in [0.1, 0.15) is 11.5 Å². The molecule has 3 aromatic rings. The number of hydrogen-bond acceptors (Lipinski definition) is 5. The van der Waals surface area contributed by atoms with Crippen molar-refractivity contribution in [3.63, 3.8) is 0 Å². The molecule has 3 aromatic heterocycles. The highest BCUT2D eigenvalue weighted by molar-refractivity contribution is 5.94. The molecule has 34 heavy (non-hydrogen) atoms. The number of amides is 1. The molecular formula is C25H26F3N5O. The number of aromatic nitrogens is 3. The van der Waals surface area contributed by atoms with Gasteiger partial charge in [0.15, 0.2) is 0 Å². The minimum Gasteiger partial charge on any atom is -0.356 e. The van der Waals surface area contributed by atoms with Crippen molar-refractivity contribution < 1.29 is 18.0 Å². The van der Waals surface area contributed by atoms with Gasteiger partial charge in [0.05, 0.1) is 11.1 Å². The number of alkyl halides is 3. The molecule has 0 aromatic carbocycles. The molecule has 0 atom stereocenters. The molecular weight excluding hydrogens is 443 g/mol. The predicted molar refractivity (Wildman–Crippen MR) is 122 cm³/mol. The van der Waals surface area contributed by atoms with E-state index < -0.39 is 11.9 Å². The third-order valence-electron chi connectivity index (χ3n) is 6.65. The molecule has 0 radical (unpaired) electrons. The molecule has 2 fully saturated rings. The van der Waals surface area contributed by atoms with Gasteiger partial charge in [0, 0.05) is 50.2 Å². The maximum Gasteiger partial charge on any atom is 0.433 e. The lowest BCUT2D eigenvalue weighted by molar-refractivity contribution is -0.140. The summed E-state index contributed by atoms with van der Waals surface area (Å²) in [5.41, 5.74) is 0.00999. The van der Waals surface area contributed by atoms with E-state index in [-0.39, 0.29) is 5.91 Å². The Hall–Kier alpha value is -3.23. The lowest BCUT2D eigenvalue weighted by atomic mass is 9.95. The number of rotatable bonds is 6. The Morgan fingerprint density at radius 3 is 2.38 bits per heavy atom. The molecule has 4 heterocycles. The van der Waals surface area contributed by atoms with Crippen LogP contribution in [0.3, 0.4) is 0 Å². The normalized spacial score (nSPS) is 17.2. The topological polar surface area (TPSA) is 62.2 Å². The summed E-state index contributed by atoms with van der Waals surface area (Å²) in [5.74, 6) is 1.65. The van der Waals surface area contributed by atoms with Crippen molar-refractivity contribution in [1.82, 2.24) is 19.9 Å². The van der Waals surface area contributed by atoms with Crippen molar-refractivity contribution >= 4 is 22.6 Å². The highest BCUT2D eigenvalue weighted by atomic mass is 19.4. The summed E-state index contributed by atoms with van der Waals surface area (Å²) in [5, 5.41) is 0.621. The van der Waals surface area contributed by atoms with E-state index in [4.69, 9.17) is 0 Å². The smallest absolute Gasteiger partial charge is 0.356 e. The van der Waals surface area contributed by atoms with Crippen molar-refractivity contribution in [2.75, 3.05) is 31.1 Å². The van der Waals surface area contributed by atoms with Crippen LogP contribution < -0.4 is 4.90 Å². The summed E-state index contributed by atoms with van der Waals surface area (Å²) in [4.78, 5) is 29.5. The molecule has 1 saturated carbocycles. The van der Waals surface area contributed by atoms with E-state index in [1.54, 1.807) is 18.5 Å². The van der Waals surface area contributed by atoms with Crippen LogP contribution >= 0.6 is 0 Å². The second-order valence-electron chi connectivity index (χ2n) is 9.22. The Morgan fingerprint density at radius 1 is 1.00 bits per heavy atom. The summed E-state index contributed by atoms with van der Waals surface area (Å²) in [6, 6.07) is 7.58. The Labute approximate surface area is 195 Å². The molecule has 1 aliphatic carbocycles. The van der Waals surface area contributed by atoms with Crippen LogP contribution in [0.2, 0.25) is 0 Å². The Bertz CT molecular complexity index is 1160. The number of halogens is 3. The van der Waals surface area contributed by atoms with Crippen LogP contribution in [0, 0.1) is 11.8 Å². The van der Waals surface area contributed by atoms with E-state index in [9.17, 15) is 18.0 Å². The summed E-state index contributed by atoms with van der Waals surface area (Å²) >= 11 is 0. The van der Waals surface area contributed by atoms with Gasteiger partial charge in [-0.2, -0.15) is 13.2 Å². The average molecular weight is 470 g/mol. The van der Waals surface area contributed by atoms with Crippen LogP contribution in [0.1, 0.15) is 41.7 Å². The number of pyridine rings is 3. The molecule has 1 saturated heterocycles. The standard InChI is InChI=1S/C25H26F3N5O/c26-25(27,28)22-6-5-20-21(31-22)7-11-30-23(20)32-12-8-18(9-13-32)16-33(15-17-3-4-17)24(34)19-2-1-10-29-14-19/h1-2,5-7,10-11,14,17-18H,3-4,8-9,12-13,15-16H2. The zero-order valence-electron chi connectivity index (χ0n) is 18.7. The minimum absolute atomic E-state index is 0.0321. The average Bonchev–Trinajstić information content (AvgIpc) is 3.67. The molecule has 1 amide bonds. The lowest BCUT2D eigenvalue weighted by Crippen LogP contribution is -2.42. The fourth-order valence-corrected chi connectivity index (χ4v) is 4.61. The van der Waals surface area contributed by atoms with Crippen LogP contribution in [0.15, 0.2) is 48.9 Å². The Balaban J connectivity index is 1.27. The van der Waals surface area contributed by atoms with E-state index in [1.165, 1.54) is 31.2 Å². The van der Waals surface area contributed by atoms with Gasteiger partial charge in [-0.15, -0.1) is 0 Å². The lowest BCUT2D eigenvalue weighted by Gasteiger charge is -2.36. The second-order valence-corrected chi connectivity index (χ2v) is 9.22. The number of piperidine rings is 1. The van der Waals surface area contributed by atoms with E-state index in [0.29, 0.717) is 40.7 Å². The van der Waals surface area contributed by atoms with Gasteiger partial charge >= 0.3 is 6.18 Å².